The number of aliphatic hydroxyl groups is 1. The molecule has 2 fully saturated rings. The fourth-order valence-electron chi connectivity index (χ4n) is 4.15. The lowest BCUT2D eigenvalue weighted by atomic mass is 9.67. The summed E-state index contributed by atoms with van der Waals surface area (Å²) in [7, 11) is 1.76. The second-order valence-corrected chi connectivity index (χ2v) is 9.31. The van der Waals surface area contributed by atoms with Crippen LogP contribution in [0.15, 0.2) is 0 Å². The molecule has 1 unspecified atom stereocenters. The molecule has 0 aromatic carbocycles. The third kappa shape index (κ3) is 3.17. The molecule has 1 heterocycles. The molecular formula is C19H35NO3. The third-order valence-corrected chi connectivity index (χ3v) is 6.37. The summed E-state index contributed by atoms with van der Waals surface area (Å²) in [6.45, 7) is 11.7. The Balaban J connectivity index is 2.15. The van der Waals surface area contributed by atoms with Crippen LogP contribution in [0.3, 0.4) is 0 Å². The molecule has 1 saturated carbocycles. The Morgan fingerprint density at radius 2 is 1.65 bits per heavy atom. The summed E-state index contributed by atoms with van der Waals surface area (Å²) in [4.78, 5) is 14.0. The molecule has 1 saturated heterocycles. The molecule has 2 rings (SSSR count). The van der Waals surface area contributed by atoms with Crippen LogP contribution in [0.1, 0.15) is 73.1 Å². The first-order valence-electron chi connectivity index (χ1n) is 9.07. The first-order chi connectivity index (χ1) is 10.5. The van der Waals surface area contributed by atoms with E-state index in [1.54, 1.807) is 11.9 Å². The number of amides is 1. The summed E-state index contributed by atoms with van der Waals surface area (Å²) >= 11 is 0. The van der Waals surface area contributed by atoms with E-state index in [1.165, 1.54) is 19.3 Å². The summed E-state index contributed by atoms with van der Waals surface area (Å²) in [6.07, 6.45) is 6.30. The van der Waals surface area contributed by atoms with Crippen LogP contribution in [0, 0.1) is 10.8 Å². The van der Waals surface area contributed by atoms with Crippen LogP contribution in [0.25, 0.3) is 0 Å². The smallest absolute Gasteiger partial charge is 0.254 e. The lowest BCUT2D eigenvalue weighted by molar-refractivity contribution is -0.190. The van der Waals surface area contributed by atoms with Gasteiger partial charge in [-0.3, -0.25) is 4.79 Å². The van der Waals surface area contributed by atoms with Crippen molar-refractivity contribution < 1.29 is 14.6 Å². The molecule has 0 bridgehead atoms. The van der Waals surface area contributed by atoms with Crippen molar-refractivity contribution in [1.29, 1.82) is 0 Å². The van der Waals surface area contributed by atoms with Crippen LogP contribution in [-0.2, 0) is 9.53 Å². The largest absolute Gasteiger partial charge is 0.379 e. The van der Waals surface area contributed by atoms with Gasteiger partial charge in [-0.15, -0.1) is 0 Å². The molecule has 0 radical (unpaired) electrons. The predicted octanol–water partition coefficient (Wildman–Crippen LogP) is 3.37. The van der Waals surface area contributed by atoms with Gasteiger partial charge in [0, 0.05) is 25.4 Å². The molecule has 4 heteroatoms. The Bertz CT molecular complexity index is 446. The number of hydrogen-bond donors (Lipinski definition) is 1. The van der Waals surface area contributed by atoms with Gasteiger partial charge < -0.3 is 14.7 Å². The zero-order chi connectivity index (χ0) is 17.5. The Morgan fingerprint density at radius 1 is 1.09 bits per heavy atom. The van der Waals surface area contributed by atoms with Crippen molar-refractivity contribution in [2.75, 3.05) is 20.2 Å². The number of carbonyl (C=O) groups excluding carboxylic acids is 1. The minimum Gasteiger partial charge on any atom is -0.379 e. The second kappa shape index (κ2) is 6.03. The molecule has 2 aliphatic rings. The highest BCUT2D eigenvalue weighted by atomic mass is 16.5. The van der Waals surface area contributed by atoms with E-state index in [4.69, 9.17) is 4.74 Å². The molecule has 1 aliphatic heterocycles. The maximum Gasteiger partial charge on any atom is 0.254 e. The zero-order valence-electron chi connectivity index (χ0n) is 15.9. The molecule has 1 aliphatic carbocycles. The van der Waals surface area contributed by atoms with Gasteiger partial charge in [-0.2, -0.15) is 0 Å². The fourth-order valence-corrected chi connectivity index (χ4v) is 4.15. The van der Waals surface area contributed by atoms with Crippen LogP contribution < -0.4 is 0 Å². The van der Waals surface area contributed by atoms with Crippen molar-refractivity contribution >= 4 is 5.91 Å². The first kappa shape index (κ1) is 18.7. The summed E-state index contributed by atoms with van der Waals surface area (Å²) < 4.78 is 6.53. The van der Waals surface area contributed by atoms with Gasteiger partial charge in [0.25, 0.3) is 5.91 Å². The van der Waals surface area contributed by atoms with E-state index in [-0.39, 0.29) is 16.9 Å². The van der Waals surface area contributed by atoms with Crippen molar-refractivity contribution in [3.05, 3.63) is 0 Å². The van der Waals surface area contributed by atoms with Crippen LogP contribution in [0.2, 0.25) is 0 Å². The van der Waals surface area contributed by atoms with Crippen LogP contribution in [0.4, 0.5) is 0 Å². The Labute approximate surface area is 141 Å². The number of likely N-dealkylation sites (N-methyl/N-ethyl adjacent to an activating group) is 1. The Hall–Kier alpha value is -0.610. The van der Waals surface area contributed by atoms with Gasteiger partial charge in [0.2, 0.25) is 0 Å². The van der Waals surface area contributed by atoms with E-state index >= 15 is 0 Å². The van der Waals surface area contributed by atoms with Crippen molar-refractivity contribution in [3.8, 4) is 0 Å². The number of rotatable bonds is 4. The van der Waals surface area contributed by atoms with Crippen LogP contribution in [-0.4, -0.2) is 47.3 Å². The summed E-state index contributed by atoms with van der Waals surface area (Å²) in [5.41, 5.74) is -1.99. The van der Waals surface area contributed by atoms with E-state index in [0.29, 0.717) is 19.6 Å². The lowest BCUT2D eigenvalue weighted by Crippen LogP contribution is -2.55. The van der Waals surface area contributed by atoms with Crippen molar-refractivity contribution in [1.82, 2.24) is 4.90 Å². The maximum absolute atomic E-state index is 12.4. The van der Waals surface area contributed by atoms with Crippen molar-refractivity contribution in [3.63, 3.8) is 0 Å². The quantitative estimate of drug-likeness (QED) is 0.862. The standard InChI is InChI=1S/C19H35NO3/c1-16(2,3)18(10-8-7-9-11-18)23-14-17(4,5)19(22)12-13-20(6)15(19)21/h22H,7-14H2,1-6H3. The third-order valence-electron chi connectivity index (χ3n) is 6.37. The molecule has 1 amide bonds. The fraction of sp³-hybridized carbons (Fsp3) is 0.947. The maximum atomic E-state index is 12.4. The van der Waals surface area contributed by atoms with E-state index in [0.717, 1.165) is 12.8 Å². The van der Waals surface area contributed by atoms with E-state index in [2.05, 4.69) is 20.8 Å². The van der Waals surface area contributed by atoms with E-state index < -0.39 is 11.0 Å². The molecule has 134 valence electrons. The predicted molar refractivity (Wildman–Crippen MR) is 92.2 cm³/mol. The molecule has 4 nitrogen and oxygen atoms in total. The summed E-state index contributed by atoms with van der Waals surface area (Å²) in [5, 5.41) is 11.0. The monoisotopic (exact) mass is 325 g/mol. The van der Waals surface area contributed by atoms with Gasteiger partial charge in [0.15, 0.2) is 5.60 Å². The SMILES string of the molecule is CN1CCC(O)(C(C)(C)COC2(C(C)(C)C)CCCCC2)C1=O. The average molecular weight is 325 g/mol. The summed E-state index contributed by atoms with van der Waals surface area (Å²) in [6, 6.07) is 0. The van der Waals surface area contributed by atoms with Crippen molar-refractivity contribution in [2.45, 2.75) is 84.3 Å². The van der Waals surface area contributed by atoms with Crippen LogP contribution in [0.5, 0.6) is 0 Å². The van der Waals surface area contributed by atoms with Crippen molar-refractivity contribution in [2.24, 2.45) is 10.8 Å². The van der Waals surface area contributed by atoms with Gasteiger partial charge in [0.05, 0.1) is 12.2 Å². The molecule has 0 aromatic rings. The summed E-state index contributed by atoms with van der Waals surface area (Å²) in [5.74, 6) is -0.167. The molecule has 0 aromatic heterocycles. The minimum absolute atomic E-state index is 0.0581. The van der Waals surface area contributed by atoms with E-state index in [1.807, 2.05) is 13.8 Å². The number of likely N-dealkylation sites (tertiary alicyclic amines) is 1. The zero-order valence-corrected chi connectivity index (χ0v) is 15.9. The molecule has 1 atom stereocenters. The molecule has 0 spiro atoms. The molecular weight excluding hydrogens is 290 g/mol. The highest BCUT2D eigenvalue weighted by Crippen LogP contribution is 2.47. The van der Waals surface area contributed by atoms with E-state index in [9.17, 15) is 9.90 Å². The topological polar surface area (TPSA) is 49.8 Å². The lowest BCUT2D eigenvalue weighted by Gasteiger charge is -2.49. The number of hydrogen-bond acceptors (Lipinski definition) is 3. The first-order valence-corrected chi connectivity index (χ1v) is 9.07. The number of ether oxygens (including phenoxy) is 1. The highest BCUT2D eigenvalue weighted by molar-refractivity contribution is 5.87. The average Bonchev–Trinajstić information content (AvgIpc) is 2.74. The van der Waals surface area contributed by atoms with Gasteiger partial charge in [-0.25, -0.2) is 0 Å². The minimum atomic E-state index is -1.31. The van der Waals surface area contributed by atoms with Gasteiger partial charge >= 0.3 is 0 Å². The van der Waals surface area contributed by atoms with Crippen LogP contribution >= 0.6 is 0 Å². The normalized spacial score (nSPS) is 29.2. The number of carbonyl (C=O) groups is 1. The molecule has 23 heavy (non-hydrogen) atoms. The second-order valence-electron chi connectivity index (χ2n) is 9.31. The highest BCUT2D eigenvalue weighted by Gasteiger charge is 2.55. The number of nitrogens with zero attached hydrogens (tertiary/aromatic N) is 1. The Kier molecular flexibility index (Phi) is 4.91. The van der Waals surface area contributed by atoms with Gasteiger partial charge in [-0.05, 0) is 18.3 Å². The Morgan fingerprint density at radius 3 is 2.09 bits per heavy atom. The van der Waals surface area contributed by atoms with Gasteiger partial charge in [-0.1, -0.05) is 53.9 Å². The molecule has 1 N–H and O–H groups in total. The van der Waals surface area contributed by atoms with Gasteiger partial charge in [0.1, 0.15) is 0 Å².